The third-order valence-electron chi connectivity index (χ3n) is 4.90. The van der Waals surface area contributed by atoms with Crippen LogP contribution in [0.15, 0.2) is 76.3 Å². The van der Waals surface area contributed by atoms with E-state index in [1.807, 2.05) is 49.4 Å². The molecule has 1 amide bonds. The minimum absolute atomic E-state index is 0.141. The van der Waals surface area contributed by atoms with Crippen LogP contribution in [0.25, 0.3) is 11.4 Å². The summed E-state index contributed by atoms with van der Waals surface area (Å²) < 4.78 is 4.53. The van der Waals surface area contributed by atoms with Gasteiger partial charge in [-0.1, -0.05) is 35.9 Å². The molecule has 0 atom stereocenters. The first-order valence-corrected chi connectivity index (χ1v) is 9.45. The van der Waals surface area contributed by atoms with E-state index in [9.17, 15) is 14.4 Å². The number of nitrogens with one attached hydrogen (secondary N) is 2. The molecule has 0 aliphatic carbocycles. The van der Waals surface area contributed by atoms with Crippen LogP contribution >= 0.6 is 0 Å². The van der Waals surface area contributed by atoms with Gasteiger partial charge >= 0.3 is 0 Å². The van der Waals surface area contributed by atoms with Gasteiger partial charge in [-0.3, -0.25) is 24.2 Å². The maximum atomic E-state index is 12.6. The average Bonchev–Trinajstić information content (AvgIpc) is 3.26. The third-order valence-corrected chi connectivity index (χ3v) is 4.90. The number of aromatic nitrogens is 4. The van der Waals surface area contributed by atoms with E-state index in [-0.39, 0.29) is 23.4 Å². The van der Waals surface area contributed by atoms with Crippen molar-refractivity contribution in [2.75, 3.05) is 0 Å². The fourth-order valence-corrected chi connectivity index (χ4v) is 3.27. The minimum atomic E-state index is -0.433. The van der Waals surface area contributed by atoms with Gasteiger partial charge in [0.15, 0.2) is 0 Å². The van der Waals surface area contributed by atoms with E-state index >= 15 is 0 Å². The van der Waals surface area contributed by atoms with Crippen molar-refractivity contribution in [1.29, 1.82) is 0 Å². The van der Waals surface area contributed by atoms with Crippen molar-refractivity contribution in [3.8, 4) is 11.4 Å². The molecule has 4 rings (SSSR count). The molecule has 4 aromatic rings. The van der Waals surface area contributed by atoms with Crippen molar-refractivity contribution in [3.05, 3.63) is 104 Å². The number of para-hydroxylation sites is 1. The molecule has 0 fully saturated rings. The Morgan fingerprint density at radius 3 is 2.33 bits per heavy atom. The van der Waals surface area contributed by atoms with Crippen LogP contribution in [0.4, 0.5) is 0 Å². The molecule has 0 bridgehead atoms. The van der Waals surface area contributed by atoms with E-state index in [1.165, 1.54) is 21.5 Å². The molecule has 8 heteroatoms. The summed E-state index contributed by atoms with van der Waals surface area (Å²) in [6.45, 7) is 2.10. The van der Waals surface area contributed by atoms with Crippen LogP contribution in [0.5, 0.6) is 0 Å². The molecule has 0 saturated carbocycles. The molecular weight excluding hydrogens is 382 g/mol. The Morgan fingerprint density at radius 1 is 0.933 bits per heavy atom. The van der Waals surface area contributed by atoms with Gasteiger partial charge in [-0.15, -0.1) is 0 Å². The van der Waals surface area contributed by atoms with Gasteiger partial charge in [0.1, 0.15) is 5.69 Å². The lowest BCUT2D eigenvalue weighted by atomic mass is 10.2. The molecule has 2 aromatic carbocycles. The lowest BCUT2D eigenvalue weighted by Gasteiger charge is -2.10. The molecule has 0 spiro atoms. The van der Waals surface area contributed by atoms with Crippen LogP contribution < -0.4 is 16.4 Å². The number of aromatic amines is 1. The molecule has 0 saturated heterocycles. The van der Waals surface area contributed by atoms with Gasteiger partial charge in [0.05, 0.1) is 23.6 Å². The summed E-state index contributed by atoms with van der Waals surface area (Å²) in [5.41, 5.74) is 2.72. The van der Waals surface area contributed by atoms with Crippen LogP contribution in [-0.4, -0.2) is 25.1 Å². The Kier molecular flexibility index (Phi) is 4.97. The van der Waals surface area contributed by atoms with Gasteiger partial charge < -0.3 is 5.32 Å². The standard InChI is InChI=1S/C22H21N5O3/c1-15-8-10-16(11-9-15)26-20(28)13-19(24-26)22(30)23-14-18-12-21(29)27(25(18)2)17-6-4-3-5-7-17/h3-13,24H,14H2,1-2H3,(H,23,30). The Balaban J connectivity index is 1.52. The Hall–Kier alpha value is -4.07. The molecule has 0 radical (unpaired) electrons. The Labute approximate surface area is 172 Å². The number of carbonyl (C=O) groups excluding carboxylic acids is 1. The normalized spacial score (nSPS) is 10.9. The summed E-state index contributed by atoms with van der Waals surface area (Å²) in [7, 11) is 1.76. The summed E-state index contributed by atoms with van der Waals surface area (Å²) in [6.07, 6.45) is 0. The van der Waals surface area contributed by atoms with Gasteiger partial charge in [0, 0.05) is 19.2 Å². The quantitative estimate of drug-likeness (QED) is 0.533. The maximum absolute atomic E-state index is 12.6. The van der Waals surface area contributed by atoms with E-state index in [4.69, 9.17) is 0 Å². The third kappa shape index (κ3) is 3.62. The van der Waals surface area contributed by atoms with E-state index in [2.05, 4.69) is 10.4 Å². The van der Waals surface area contributed by atoms with Gasteiger partial charge in [0.25, 0.3) is 17.0 Å². The second kappa shape index (κ2) is 7.75. The second-order valence-electron chi connectivity index (χ2n) is 7.01. The predicted molar refractivity (Wildman–Crippen MR) is 113 cm³/mol. The SMILES string of the molecule is Cc1ccc(-n2[nH]c(C(=O)NCc3cc(=O)n(-c4ccccc4)n3C)cc2=O)cc1. The molecule has 0 unspecified atom stereocenters. The van der Waals surface area contributed by atoms with Crippen LogP contribution in [0.3, 0.4) is 0 Å². The number of nitrogens with zero attached hydrogens (tertiary/aromatic N) is 3. The van der Waals surface area contributed by atoms with E-state index in [0.717, 1.165) is 11.3 Å². The Bertz CT molecular complexity index is 1310. The molecule has 2 heterocycles. The lowest BCUT2D eigenvalue weighted by molar-refractivity contribution is 0.0944. The van der Waals surface area contributed by atoms with Gasteiger partial charge in [-0.05, 0) is 31.2 Å². The number of carbonyl (C=O) groups is 1. The topological polar surface area (TPSA) is 93.8 Å². The number of aryl methyl sites for hydroxylation is 1. The zero-order chi connectivity index (χ0) is 21.3. The van der Waals surface area contributed by atoms with Crippen molar-refractivity contribution in [3.63, 3.8) is 0 Å². The molecule has 2 N–H and O–H groups in total. The summed E-state index contributed by atoms with van der Waals surface area (Å²) in [6, 6.07) is 19.4. The predicted octanol–water partition coefficient (Wildman–Crippen LogP) is 1.89. The smallest absolute Gasteiger partial charge is 0.271 e. The fraction of sp³-hybridized carbons (Fsp3) is 0.136. The Morgan fingerprint density at radius 2 is 1.63 bits per heavy atom. The highest BCUT2D eigenvalue weighted by Gasteiger charge is 2.14. The number of rotatable bonds is 5. The van der Waals surface area contributed by atoms with Crippen molar-refractivity contribution >= 4 is 5.91 Å². The van der Waals surface area contributed by atoms with Gasteiger partial charge in [0.2, 0.25) is 0 Å². The van der Waals surface area contributed by atoms with E-state index in [0.29, 0.717) is 11.4 Å². The highest BCUT2D eigenvalue weighted by Crippen LogP contribution is 2.08. The summed E-state index contributed by atoms with van der Waals surface area (Å²) >= 11 is 0. The lowest BCUT2D eigenvalue weighted by Crippen LogP contribution is -2.25. The molecule has 8 nitrogen and oxygen atoms in total. The summed E-state index contributed by atoms with van der Waals surface area (Å²) in [4.78, 5) is 37.2. The molecule has 152 valence electrons. The number of benzene rings is 2. The number of hydrogen-bond donors (Lipinski definition) is 2. The largest absolute Gasteiger partial charge is 0.345 e. The van der Waals surface area contributed by atoms with Gasteiger partial charge in [-0.25, -0.2) is 9.36 Å². The number of amides is 1. The van der Waals surface area contributed by atoms with E-state index < -0.39 is 5.91 Å². The molecule has 0 aliphatic heterocycles. The first-order valence-electron chi connectivity index (χ1n) is 9.45. The first kappa shape index (κ1) is 19.3. The average molecular weight is 403 g/mol. The monoisotopic (exact) mass is 403 g/mol. The van der Waals surface area contributed by atoms with Crippen LogP contribution in [0, 0.1) is 6.92 Å². The second-order valence-corrected chi connectivity index (χ2v) is 7.01. The molecular formula is C22H21N5O3. The summed E-state index contributed by atoms with van der Waals surface area (Å²) in [5, 5.41) is 5.58. The molecule has 0 aliphatic rings. The highest BCUT2D eigenvalue weighted by molar-refractivity contribution is 5.92. The van der Waals surface area contributed by atoms with Crippen LogP contribution in [0.1, 0.15) is 21.7 Å². The van der Waals surface area contributed by atoms with Crippen molar-refractivity contribution in [2.24, 2.45) is 7.05 Å². The first-order chi connectivity index (χ1) is 14.4. The highest BCUT2D eigenvalue weighted by atomic mass is 16.2. The van der Waals surface area contributed by atoms with E-state index in [1.54, 1.807) is 23.9 Å². The van der Waals surface area contributed by atoms with Crippen molar-refractivity contribution in [2.45, 2.75) is 13.5 Å². The fourth-order valence-electron chi connectivity index (χ4n) is 3.27. The molecule has 30 heavy (non-hydrogen) atoms. The maximum Gasteiger partial charge on any atom is 0.271 e. The zero-order valence-electron chi connectivity index (χ0n) is 16.6. The molecule has 2 aromatic heterocycles. The summed E-state index contributed by atoms with van der Waals surface area (Å²) in [5.74, 6) is -0.433. The zero-order valence-corrected chi connectivity index (χ0v) is 16.6. The minimum Gasteiger partial charge on any atom is -0.345 e. The number of H-pyrrole nitrogens is 1. The van der Waals surface area contributed by atoms with Crippen molar-refractivity contribution < 1.29 is 4.79 Å². The number of hydrogen-bond acceptors (Lipinski definition) is 3. The van der Waals surface area contributed by atoms with Crippen molar-refractivity contribution in [1.82, 2.24) is 24.5 Å². The van der Waals surface area contributed by atoms with Crippen LogP contribution in [-0.2, 0) is 13.6 Å². The van der Waals surface area contributed by atoms with Crippen LogP contribution in [0.2, 0.25) is 0 Å². The van der Waals surface area contributed by atoms with Gasteiger partial charge in [-0.2, -0.15) is 0 Å².